The number of fused-ring (bicyclic) bond motifs is 1. The highest BCUT2D eigenvalue weighted by molar-refractivity contribution is 5.61. The number of nitrogens with one attached hydrogen (secondary N) is 1. The summed E-state index contributed by atoms with van der Waals surface area (Å²) < 4.78 is 52.1. The molecular formula is C13H9F4N3. The van der Waals surface area contributed by atoms with E-state index in [9.17, 15) is 17.6 Å². The van der Waals surface area contributed by atoms with Gasteiger partial charge in [0.25, 0.3) is 0 Å². The number of halogens is 4. The Labute approximate surface area is 111 Å². The average molecular weight is 283 g/mol. The molecule has 2 heterocycles. The number of alkyl halides is 3. The summed E-state index contributed by atoms with van der Waals surface area (Å²) >= 11 is 0. The zero-order valence-electron chi connectivity index (χ0n) is 10.1. The highest BCUT2D eigenvalue weighted by atomic mass is 19.4. The lowest BCUT2D eigenvalue weighted by Gasteiger charge is -2.12. The van der Waals surface area contributed by atoms with Crippen molar-refractivity contribution in [3.8, 4) is 11.4 Å². The number of benzene rings is 1. The fraction of sp³-hybridized carbons (Fsp3) is 0.231. The van der Waals surface area contributed by atoms with Gasteiger partial charge >= 0.3 is 6.18 Å². The van der Waals surface area contributed by atoms with Gasteiger partial charge in [-0.05, 0) is 18.2 Å². The predicted octanol–water partition coefficient (Wildman–Crippen LogP) is 2.90. The molecule has 3 rings (SSSR count). The minimum absolute atomic E-state index is 0.112. The van der Waals surface area contributed by atoms with E-state index in [0.717, 1.165) is 17.7 Å². The lowest BCUT2D eigenvalue weighted by atomic mass is 10.1. The standard InChI is InChI=1S/C13H9F4N3/c14-8-1-2-10(13(15,16)17)9(3-8)12-19-5-7-4-18-6-11(7)20-12/h1-3,5,18H,4,6H2. The average Bonchev–Trinajstić information content (AvgIpc) is 2.84. The lowest BCUT2D eigenvalue weighted by Crippen LogP contribution is -2.09. The molecule has 0 fully saturated rings. The monoisotopic (exact) mass is 283 g/mol. The highest BCUT2D eigenvalue weighted by Crippen LogP contribution is 2.36. The molecule has 1 aromatic carbocycles. The van der Waals surface area contributed by atoms with Crippen molar-refractivity contribution in [1.82, 2.24) is 15.3 Å². The third-order valence-electron chi connectivity index (χ3n) is 3.09. The summed E-state index contributed by atoms with van der Waals surface area (Å²) in [6.45, 7) is 1.06. The van der Waals surface area contributed by atoms with Gasteiger partial charge in [-0.25, -0.2) is 14.4 Å². The molecule has 1 aliphatic heterocycles. The topological polar surface area (TPSA) is 37.8 Å². The van der Waals surface area contributed by atoms with Gasteiger partial charge in [0.05, 0.1) is 11.3 Å². The molecule has 0 aliphatic carbocycles. The predicted molar refractivity (Wildman–Crippen MR) is 63.0 cm³/mol. The molecule has 20 heavy (non-hydrogen) atoms. The smallest absolute Gasteiger partial charge is 0.307 e. The van der Waals surface area contributed by atoms with Gasteiger partial charge in [-0.1, -0.05) is 0 Å². The first-order valence-corrected chi connectivity index (χ1v) is 5.88. The molecule has 104 valence electrons. The molecular weight excluding hydrogens is 274 g/mol. The Kier molecular flexibility index (Phi) is 2.93. The lowest BCUT2D eigenvalue weighted by molar-refractivity contribution is -0.137. The van der Waals surface area contributed by atoms with Crippen LogP contribution in [0.1, 0.15) is 16.8 Å². The van der Waals surface area contributed by atoms with E-state index in [1.807, 2.05) is 0 Å². The van der Waals surface area contributed by atoms with Crippen LogP contribution in [0.15, 0.2) is 24.4 Å². The minimum Gasteiger partial charge on any atom is -0.307 e. The first-order chi connectivity index (χ1) is 9.45. The van der Waals surface area contributed by atoms with Crippen molar-refractivity contribution < 1.29 is 17.6 Å². The van der Waals surface area contributed by atoms with Gasteiger partial charge in [-0.15, -0.1) is 0 Å². The van der Waals surface area contributed by atoms with Gasteiger partial charge in [-0.3, -0.25) is 0 Å². The normalized spacial score (nSPS) is 14.4. The second-order valence-electron chi connectivity index (χ2n) is 4.46. The number of hydrogen-bond donors (Lipinski definition) is 1. The molecule has 1 aliphatic rings. The SMILES string of the molecule is Fc1ccc(C(F)(F)F)c(-c2ncc3c(n2)CNC3)c1. The number of nitrogens with zero attached hydrogens (tertiary/aromatic N) is 2. The zero-order chi connectivity index (χ0) is 14.3. The van der Waals surface area contributed by atoms with Crippen LogP contribution in [0.25, 0.3) is 11.4 Å². The molecule has 0 atom stereocenters. The number of hydrogen-bond acceptors (Lipinski definition) is 3. The van der Waals surface area contributed by atoms with Crippen molar-refractivity contribution in [3.05, 3.63) is 47.0 Å². The van der Waals surface area contributed by atoms with E-state index >= 15 is 0 Å². The number of rotatable bonds is 1. The van der Waals surface area contributed by atoms with E-state index in [1.165, 1.54) is 6.20 Å². The Hall–Kier alpha value is -2.02. The van der Waals surface area contributed by atoms with Crippen LogP contribution in [0.5, 0.6) is 0 Å². The van der Waals surface area contributed by atoms with E-state index < -0.39 is 17.6 Å². The third kappa shape index (κ3) is 2.24. The van der Waals surface area contributed by atoms with Crippen molar-refractivity contribution in [2.75, 3.05) is 0 Å². The maximum Gasteiger partial charge on any atom is 0.417 e. The molecule has 0 saturated carbocycles. The second kappa shape index (κ2) is 4.52. The quantitative estimate of drug-likeness (QED) is 0.818. The van der Waals surface area contributed by atoms with Crippen LogP contribution in [-0.4, -0.2) is 9.97 Å². The van der Waals surface area contributed by atoms with Crippen molar-refractivity contribution in [3.63, 3.8) is 0 Å². The van der Waals surface area contributed by atoms with Crippen molar-refractivity contribution in [1.29, 1.82) is 0 Å². The molecule has 3 nitrogen and oxygen atoms in total. The van der Waals surface area contributed by atoms with Gasteiger partial charge in [0.2, 0.25) is 0 Å². The van der Waals surface area contributed by atoms with Crippen LogP contribution >= 0.6 is 0 Å². The first-order valence-electron chi connectivity index (χ1n) is 5.88. The summed E-state index contributed by atoms with van der Waals surface area (Å²) in [5.41, 5.74) is 0.211. The first kappa shape index (κ1) is 13.0. The molecule has 7 heteroatoms. The number of aromatic nitrogens is 2. The molecule has 0 amide bonds. The van der Waals surface area contributed by atoms with Crippen LogP contribution in [0, 0.1) is 5.82 Å². The summed E-state index contributed by atoms with van der Waals surface area (Å²) in [7, 11) is 0. The minimum atomic E-state index is -4.58. The summed E-state index contributed by atoms with van der Waals surface area (Å²) in [6.07, 6.45) is -3.10. The summed E-state index contributed by atoms with van der Waals surface area (Å²) in [6, 6.07) is 2.30. The van der Waals surface area contributed by atoms with Gasteiger partial charge in [0, 0.05) is 30.4 Å². The fourth-order valence-corrected chi connectivity index (χ4v) is 2.14. The Bertz CT molecular complexity index is 667. The maximum atomic E-state index is 13.3. The largest absolute Gasteiger partial charge is 0.417 e. The maximum absolute atomic E-state index is 13.3. The van der Waals surface area contributed by atoms with E-state index in [-0.39, 0.29) is 11.4 Å². The van der Waals surface area contributed by atoms with Gasteiger partial charge < -0.3 is 5.32 Å². The molecule has 0 saturated heterocycles. The van der Waals surface area contributed by atoms with Crippen molar-refractivity contribution in [2.45, 2.75) is 19.3 Å². The van der Waals surface area contributed by atoms with Crippen molar-refractivity contribution >= 4 is 0 Å². The van der Waals surface area contributed by atoms with Crippen LogP contribution in [0.3, 0.4) is 0 Å². The van der Waals surface area contributed by atoms with Crippen LogP contribution in [0.2, 0.25) is 0 Å². The Morgan fingerprint density at radius 1 is 1.15 bits per heavy atom. The van der Waals surface area contributed by atoms with E-state index in [4.69, 9.17) is 0 Å². The van der Waals surface area contributed by atoms with Gasteiger partial charge in [0.1, 0.15) is 5.82 Å². The summed E-state index contributed by atoms with van der Waals surface area (Å²) in [5, 5.41) is 3.02. The van der Waals surface area contributed by atoms with Crippen LogP contribution in [-0.2, 0) is 19.3 Å². The Balaban J connectivity index is 2.16. The van der Waals surface area contributed by atoms with Crippen molar-refractivity contribution in [2.24, 2.45) is 0 Å². The van der Waals surface area contributed by atoms with E-state index in [1.54, 1.807) is 0 Å². The molecule has 0 radical (unpaired) electrons. The van der Waals surface area contributed by atoms with Gasteiger partial charge in [-0.2, -0.15) is 13.2 Å². The summed E-state index contributed by atoms with van der Waals surface area (Å²) in [5.74, 6) is -0.866. The Morgan fingerprint density at radius 3 is 2.70 bits per heavy atom. The highest BCUT2D eigenvalue weighted by Gasteiger charge is 2.34. The van der Waals surface area contributed by atoms with E-state index in [2.05, 4.69) is 15.3 Å². The summed E-state index contributed by atoms with van der Waals surface area (Å²) in [4.78, 5) is 8.02. The third-order valence-corrected chi connectivity index (χ3v) is 3.09. The Morgan fingerprint density at radius 2 is 1.95 bits per heavy atom. The van der Waals surface area contributed by atoms with Crippen LogP contribution < -0.4 is 5.32 Å². The molecule has 0 unspecified atom stereocenters. The second-order valence-corrected chi connectivity index (χ2v) is 4.46. The molecule has 0 bridgehead atoms. The van der Waals surface area contributed by atoms with Crippen LogP contribution in [0.4, 0.5) is 17.6 Å². The zero-order valence-corrected chi connectivity index (χ0v) is 10.1. The molecule has 1 aromatic heterocycles. The molecule has 1 N–H and O–H groups in total. The molecule has 2 aromatic rings. The van der Waals surface area contributed by atoms with Gasteiger partial charge in [0.15, 0.2) is 5.82 Å². The van der Waals surface area contributed by atoms with E-state index in [0.29, 0.717) is 24.8 Å². The fourth-order valence-electron chi connectivity index (χ4n) is 2.14. The molecule has 0 spiro atoms.